The van der Waals surface area contributed by atoms with Gasteiger partial charge < -0.3 is 14.4 Å². The van der Waals surface area contributed by atoms with E-state index in [0.717, 1.165) is 25.7 Å². The van der Waals surface area contributed by atoms with Crippen LogP contribution in [0.2, 0.25) is 0 Å². The van der Waals surface area contributed by atoms with Crippen LogP contribution in [0.25, 0.3) is 0 Å². The summed E-state index contributed by atoms with van der Waals surface area (Å²) >= 11 is 0. The monoisotopic (exact) mass is 293 g/mol. The highest BCUT2D eigenvalue weighted by Gasteiger charge is 2.28. The van der Waals surface area contributed by atoms with Crippen LogP contribution in [-0.2, 0) is 19.1 Å². The van der Waals surface area contributed by atoms with Gasteiger partial charge in [0.25, 0.3) is 6.43 Å². The van der Waals surface area contributed by atoms with Crippen LogP contribution in [0, 0.1) is 0 Å². The van der Waals surface area contributed by atoms with Crippen molar-refractivity contribution < 1.29 is 27.8 Å². The fourth-order valence-electron chi connectivity index (χ4n) is 2.32. The average molecular weight is 293 g/mol. The minimum Gasteiger partial charge on any atom is -0.468 e. The number of nitrogens with zero attached hydrogens (tertiary/aromatic N) is 1. The van der Waals surface area contributed by atoms with Crippen LogP contribution in [0.3, 0.4) is 0 Å². The van der Waals surface area contributed by atoms with E-state index in [-0.39, 0.29) is 31.5 Å². The largest absolute Gasteiger partial charge is 0.468 e. The quantitative estimate of drug-likeness (QED) is 0.504. The number of hydrogen-bond donors (Lipinski definition) is 0. The molecule has 7 heteroatoms. The molecular formula is C13H21F2NO4. The molecule has 5 nitrogen and oxygen atoms in total. The van der Waals surface area contributed by atoms with Crippen molar-refractivity contribution in [2.45, 2.75) is 44.6 Å². The normalized spacial score (nSPS) is 15.6. The predicted octanol–water partition coefficient (Wildman–Crippen LogP) is 1.60. The molecule has 1 aliphatic rings. The summed E-state index contributed by atoms with van der Waals surface area (Å²) in [6.07, 6.45) is 1.24. The summed E-state index contributed by atoms with van der Waals surface area (Å²) in [5, 5.41) is 0. The summed E-state index contributed by atoms with van der Waals surface area (Å²) in [5.41, 5.74) is 0. The van der Waals surface area contributed by atoms with Gasteiger partial charge >= 0.3 is 5.97 Å². The molecule has 116 valence electrons. The second-order valence-electron chi connectivity index (χ2n) is 4.75. The lowest BCUT2D eigenvalue weighted by Crippen LogP contribution is -2.43. The lowest BCUT2D eigenvalue weighted by atomic mass is 10.2. The Morgan fingerprint density at radius 1 is 1.30 bits per heavy atom. The van der Waals surface area contributed by atoms with E-state index in [0.29, 0.717) is 0 Å². The highest BCUT2D eigenvalue weighted by molar-refractivity contribution is 5.82. The first kappa shape index (κ1) is 16.8. The van der Waals surface area contributed by atoms with Gasteiger partial charge in [-0.15, -0.1) is 0 Å². The van der Waals surface area contributed by atoms with Crippen molar-refractivity contribution >= 4 is 11.9 Å². The first-order valence-electron chi connectivity index (χ1n) is 6.76. The molecule has 1 amide bonds. The first-order valence-corrected chi connectivity index (χ1v) is 6.76. The molecule has 0 saturated heterocycles. The highest BCUT2D eigenvalue weighted by Crippen LogP contribution is 2.24. The maximum absolute atomic E-state index is 12.1. The number of carbonyl (C=O) groups is 2. The molecule has 1 saturated carbocycles. The second-order valence-corrected chi connectivity index (χ2v) is 4.75. The Morgan fingerprint density at radius 2 is 1.95 bits per heavy atom. The lowest BCUT2D eigenvalue weighted by Gasteiger charge is -2.28. The predicted molar refractivity (Wildman–Crippen MR) is 67.4 cm³/mol. The van der Waals surface area contributed by atoms with Crippen LogP contribution >= 0.6 is 0 Å². The summed E-state index contributed by atoms with van der Waals surface area (Å²) in [7, 11) is 1.27. The summed E-state index contributed by atoms with van der Waals surface area (Å²) < 4.78 is 33.1. The number of esters is 1. The zero-order chi connectivity index (χ0) is 15.0. The van der Waals surface area contributed by atoms with Crippen molar-refractivity contribution in [1.82, 2.24) is 4.90 Å². The standard InChI is InChI=1S/C13H21F2NO4/c1-19-13(18)8-16(10-4-2-3-5-10)12(17)6-7-20-9-11(14)15/h10-11H,2-9H2,1H3. The second kappa shape index (κ2) is 8.84. The van der Waals surface area contributed by atoms with Crippen molar-refractivity contribution in [3.05, 3.63) is 0 Å². The summed E-state index contributed by atoms with van der Waals surface area (Å²) in [6, 6.07) is 0.0386. The van der Waals surface area contributed by atoms with Crippen LogP contribution < -0.4 is 0 Å². The van der Waals surface area contributed by atoms with Crippen LogP contribution in [0.4, 0.5) is 8.78 Å². The zero-order valence-corrected chi connectivity index (χ0v) is 11.6. The molecule has 0 radical (unpaired) electrons. The average Bonchev–Trinajstić information content (AvgIpc) is 2.93. The smallest absolute Gasteiger partial charge is 0.325 e. The maximum Gasteiger partial charge on any atom is 0.325 e. The van der Waals surface area contributed by atoms with Gasteiger partial charge in [-0.05, 0) is 12.8 Å². The van der Waals surface area contributed by atoms with Gasteiger partial charge in [0.05, 0.1) is 20.1 Å². The molecule has 1 fully saturated rings. The Hall–Kier alpha value is -1.24. The lowest BCUT2D eigenvalue weighted by molar-refractivity contribution is -0.149. The molecule has 0 spiro atoms. The zero-order valence-electron chi connectivity index (χ0n) is 11.6. The Labute approximate surface area is 117 Å². The minimum absolute atomic E-state index is 0.000213. The van der Waals surface area contributed by atoms with Gasteiger partial charge in [-0.2, -0.15) is 0 Å². The highest BCUT2D eigenvalue weighted by atomic mass is 19.3. The van der Waals surface area contributed by atoms with Crippen molar-refractivity contribution in [2.75, 3.05) is 26.9 Å². The van der Waals surface area contributed by atoms with Crippen LogP contribution in [0.5, 0.6) is 0 Å². The van der Waals surface area contributed by atoms with E-state index in [1.165, 1.54) is 12.0 Å². The molecule has 1 aliphatic carbocycles. The fraction of sp³-hybridized carbons (Fsp3) is 0.846. The van der Waals surface area contributed by atoms with E-state index in [1.54, 1.807) is 0 Å². The molecule has 20 heavy (non-hydrogen) atoms. The SMILES string of the molecule is COC(=O)CN(C(=O)CCOCC(F)F)C1CCCC1. The van der Waals surface area contributed by atoms with Gasteiger partial charge in [-0.1, -0.05) is 12.8 Å². The number of methoxy groups -OCH3 is 1. The Bertz CT molecular complexity index is 319. The molecule has 0 aromatic rings. The molecule has 0 bridgehead atoms. The summed E-state index contributed by atoms with van der Waals surface area (Å²) in [4.78, 5) is 24.9. The number of hydrogen-bond acceptors (Lipinski definition) is 4. The number of alkyl halides is 2. The molecule has 0 atom stereocenters. The van der Waals surface area contributed by atoms with Gasteiger partial charge in [0.15, 0.2) is 0 Å². The third-order valence-corrected chi connectivity index (χ3v) is 3.32. The molecule has 0 unspecified atom stereocenters. The molecule has 1 rings (SSSR count). The number of halogens is 2. The number of carbonyl (C=O) groups excluding carboxylic acids is 2. The molecule has 0 aromatic heterocycles. The van der Waals surface area contributed by atoms with E-state index in [2.05, 4.69) is 4.74 Å². The van der Waals surface area contributed by atoms with Crippen LogP contribution in [-0.4, -0.2) is 56.1 Å². The molecule has 0 aliphatic heterocycles. The van der Waals surface area contributed by atoms with E-state index in [4.69, 9.17) is 4.74 Å². The van der Waals surface area contributed by atoms with Crippen molar-refractivity contribution in [3.63, 3.8) is 0 Å². The van der Waals surface area contributed by atoms with Crippen molar-refractivity contribution in [1.29, 1.82) is 0 Å². The summed E-state index contributed by atoms with van der Waals surface area (Å²) in [5.74, 6) is -0.727. The van der Waals surface area contributed by atoms with E-state index < -0.39 is 19.0 Å². The van der Waals surface area contributed by atoms with Crippen molar-refractivity contribution in [2.24, 2.45) is 0 Å². The van der Waals surface area contributed by atoms with Gasteiger partial charge in [0, 0.05) is 6.04 Å². The molecule has 0 heterocycles. The van der Waals surface area contributed by atoms with E-state index >= 15 is 0 Å². The number of amides is 1. The molecular weight excluding hydrogens is 272 g/mol. The van der Waals surface area contributed by atoms with Gasteiger partial charge in [0.2, 0.25) is 5.91 Å². The van der Waals surface area contributed by atoms with Gasteiger partial charge in [-0.25, -0.2) is 8.78 Å². The van der Waals surface area contributed by atoms with E-state index in [9.17, 15) is 18.4 Å². The van der Waals surface area contributed by atoms with Gasteiger partial charge in [0.1, 0.15) is 13.2 Å². The molecule has 0 N–H and O–H groups in total. The van der Waals surface area contributed by atoms with Crippen molar-refractivity contribution in [3.8, 4) is 0 Å². The Morgan fingerprint density at radius 3 is 2.50 bits per heavy atom. The third-order valence-electron chi connectivity index (χ3n) is 3.32. The fourth-order valence-corrected chi connectivity index (χ4v) is 2.32. The maximum atomic E-state index is 12.1. The van der Waals surface area contributed by atoms with Crippen LogP contribution in [0.1, 0.15) is 32.1 Å². The third kappa shape index (κ3) is 5.81. The molecule has 0 aromatic carbocycles. The number of rotatable bonds is 8. The minimum atomic E-state index is -2.54. The first-order chi connectivity index (χ1) is 9.54. The number of ether oxygens (including phenoxy) is 2. The Balaban J connectivity index is 2.44. The summed E-state index contributed by atoms with van der Waals surface area (Å²) in [6.45, 7) is -0.823. The topological polar surface area (TPSA) is 55.8 Å². The van der Waals surface area contributed by atoms with Gasteiger partial charge in [-0.3, -0.25) is 9.59 Å². The Kier molecular flexibility index (Phi) is 7.43. The van der Waals surface area contributed by atoms with Crippen LogP contribution in [0.15, 0.2) is 0 Å². The van der Waals surface area contributed by atoms with E-state index in [1.807, 2.05) is 0 Å².